The van der Waals surface area contributed by atoms with Gasteiger partial charge in [-0.2, -0.15) is 0 Å². The summed E-state index contributed by atoms with van der Waals surface area (Å²) in [5, 5.41) is 17.7. The van der Waals surface area contributed by atoms with Gasteiger partial charge in [0, 0.05) is 31.6 Å². The summed E-state index contributed by atoms with van der Waals surface area (Å²) in [4.78, 5) is 13.8. The lowest BCUT2D eigenvalue weighted by Crippen LogP contribution is -2.29. The predicted molar refractivity (Wildman–Crippen MR) is 113 cm³/mol. The van der Waals surface area contributed by atoms with Gasteiger partial charge in [-0.25, -0.2) is 0 Å². The SMILES string of the molecule is C.CCN(CC)c1ccc(N=Nc2sc(C(C)C)n[n+]2C)c(NC(C)=O)c1. The monoisotopic (exact) mass is 391 g/mol. The Hall–Kier alpha value is -2.35. The lowest BCUT2D eigenvalue weighted by molar-refractivity contribution is -0.714. The van der Waals surface area contributed by atoms with E-state index in [1.807, 2.05) is 25.2 Å². The first kappa shape index (κ1) is 22.7. The average molecular weight is 392 g/mol. The number of amides is 1. The number of hydrogen-bond acceptors (Lipinski definition) is 6. The van der Waals surface area contributed by atoms with Gasteiger partial charge in [0.25, 0.3) is 0 Å². The molecule has 1 aromatic carbocycles. The van der Waals surface area contributed by atoms with Crippen LogP contribution in [0.2, 0.25) is 0 Å². The number of nitrogens with one attached hydrogen (secondary N) is 1. The number of anilines is 2. The molecule has 8 heteroatoms. The third-order valence-corrected chi connectivity index (χ3v) is 5.17. The Morgan fingerprint density at radius 2 is 1.96 bits per heavy atom. The molecule has 2 aromatic rings. The summed E-state index contributed by atoms with van der Waals surface area (Å²) in [6, 6.07) is 5.82. The molecule has 1 heterocycles. The van der Waals surface area contributed by atoms with Crippen LogP contribution in [0, 0.1) is 0 Å². The van der Waals surface area contributed by atoms with Gasteiger partial charge in [-0.3, -0.25) is 4.79 Å². The molecule has 0 saturated heterocycles. The zero-order chi connectivity index (χ0) is 19.3. The molecule has 0 aliphatic carbocycles. The maximum Gasteiger partial charge on any atom is 0.430 e. The summed E-state index contributed by atoms with van der Waals surface area (Å²) in [5.74, 6) is 0.210. The smallest absolute Gasteiger partial charge is 0.372 e. The number of nitrogens with zero attached hydrogens (tertiary/aromatic N) is 5. The van der Waals surface area contributed by atoms with Crippen LogP contribution in [0.1, 0.15) is 53.0 Å². The molecule has 1 amide bonds. The average Bonchev–Trinajstić information content (AvgIpc) is 2.96. The zero-order valence-electron chi connectivity index (χ0n) is 16.3. The lowest BCUT2D eigenvalue weighted by Gasteiger charge is -2.21. The van der Waals surface area contributed by atoms with Crippen molar-refractivity contribution in [1.82, 2.24) is 5.10 Å². The minimum Gasteiger partial charge on any atom is -0.372 e. The molecule has 27 heavy (non-hydrogen) atoms. The van der Waals surface area contributed by atoms with E-state index in [4.69, 9.17) is 0 Å². The van der Waals surface area contributed by atoms with Crippen LogP contribution in [-0.2, 0) is 11.8 Å². The van der Waals surface area contributed by atoms with Crippen molar-refractivity contribution in [2.45, 2.75) is 48.0 Å². The van der Waals surface area contributed by atoms with Gasteiger partial charge in [0.15, 0.2) is 0 Å². The number of azo groups is 1. The van der Waals surface area contributed by atoms with E-state index < -0.39 is 0 Å². The Bertz CT molecular complexity index is 795. The molecular formula is C19H31N6OS+. The second kappa shape index (κ2) is 10.1. The molecule has 7 nitrogen and oxygen atoms in total. The van der Waals surface area contributed by atoms with Crippen LogP contribution >= 0.6 is 11.3 Å². The van der Waals surface area contributed by atoms with Crippen molar-refractivity contribution in [3.8, 4) is 0 Å². The lowest BCUT2D eigenvalue weighted by atomic mass is 10.2. The number of hydrogen-bond donors (Lipinski definition) is 1. The number of aromatic nitrogens is 2. The predicted octanol–water partition coefficient (Wildman–Crippen LogP) is 4.95. The Morgan fingerprint density at radius 3 is 2.48 bits per heavy atom. The third-order valence-electron chi connectivity index (χ3n) is 3.88. The van der Waals surface area contributed by atoms with Crippen molar-refractivity contribution in [2.75, 3.05) is 23.3 Å². The van der Waals surface area contributed by atoms with Crippen molar-refractivity contribution in [2.24, 2.45) is 17.3 Å². The number of aryl methyl sites for hydroxylation is 1. The largest absolute Gasteiger partial charge is 0.430 e. The van der Waals surface area contributed by atoms with Crippen molar-refractivity contribution >= 4 is 39.4 Å². The molecule has 0 saturated carbocycles. The van der Waals surface area contributed by atoms with Gasteiger partial charge in [-0.1, -0.05) is 26.4 Å². The van der Waals surface area contributed by atoms with Gasteiger partial charge in [0.1, 0.15) is 17.7 Å². The number of carbonyl (C=O) groups is 1. The van der Waals surface area contributed by atoms with Crippen LogP contribution in [0.3, 0.4) is 0 Å². The normalized spacial score (nSPS) is 10.9. The van der Waals surface area contributed by atoms with E-state index in [9.17, 15) is 4.79 Å². The first-order valence-corrected chi connectivity index (χ1v) is 9.62. The summed E-state index contributed by atoms with van der Waals surface area (Å²) < 4.78 is 1.73. The number of rotatable bonds is 7. The molecular weight excluding hydrogens is 360 g/mol. The van der Waals surface area contributed by atoms with Gasteiger partial charge in [-0.05, 0) is 48.5 Å². The van der Waals surface area contributed by atoms with E-state index >= 15 is 0 Å². The zero-order valence-corrected chi connectivity index (χ0v) is 17.1. The molecule has 0 aliphatic heterocycles. The molecule has 0 fully saturated rings. The molecule has 0 radical (unpaired) electrons. The summed E-state index contributed by atoms with van der Waals surface area (Å²) in [7, 11) is 1.86. The van der Waals surface area contributed by atoms with Gasteiger partial charge in [0.05, 0.1) is 10.8 Å². The van der Waals surface area contributed by atoms with Crippen LogP contribution in [0.5, 0.6) is 0 Å². The summed E-state index contributed by atoms with van der Waals surface area (Å²) >= 11 is 1.52. The van der Waals surface area contributed by atoms with Gasteiger partial charge < -0.3 is 10.2 Å². The molecule has 1 N–H and O–H groups in total. The molecule has 2 rings (SSSR count). The highest BCUT2D eigenvalue weighted by atomic mass is 32.1. The second-order valence-corrected chi connectivity index (χ2v) is 7.24. The third kappa shape index (κ3) is 5.82. The van der Waals surface area contributed by atoms with E-state index in [-0.39, 0.29) is 13.3 Å². The fourth-order valence-electron chi connectivity index (χ4n) is 2.47. The Kier molecular flexibility index (Phi) is 8.49. The van der Waals surface area contributed by atoms with Gasteiger partial charge in [-0.15, -0.1) is 4.68 Å². The van der Waals surface area contributed by atoms with Crippen molar-refractivity contribution < 1.29 is 9.48 Å². The first-order chi connectivity index (χ1) is 12.3. The molecule has 0 spiro atoms. The maximum atomic E-state index is 11.6. The van der Waals surface area contributed by atoms with E-state index in [1.165, 1.54) is 18.3 Å². The topological polar surface area (TPSA) is 73.8 Å². The van der Waals surface area contributed by atoms with Crippen LogP contribution in [-0.4, -0.2) is 24.1 Å². The molecule has 1 aromatic heterocycles. The van der Waals surface area contributed by atoms with Crippen LogP contribution < -0.4 is 14.9 Å². The second-order valence-electron chi connectivity index (χ2n) is 6.26. The molecule has 0 bridgehead atoms. The van der Waals surface area contributed by atoms with Crippen LogP contribution in [0.4, 0.5) is 22.2 Å². The first-order valence-electron chi connectivity index (χ1n) is 8.81. The Balaban J connectivity index is 0.00000364. The molecule has 0 aliphatic rings. The Morgan fingerprint density at radius 1 is 1.30 bits per heavy atom. The quantitative estimate of drug-likeness (QED) is 0.536. The summed E-state index contributed by atoms with van der Waals surface area (Å²) in [6.07, 6.45) is 0. The standard InChI is InChI=1S/C18H26N6OS.CH4/c1-7-24(8-2)14-9-10-15(16(11-14)19-13(5)25)20-21-18-23(6)22-17(26-18)12(3)4;/h9-12H,7-8H2,1-6H3;1H4/p+1. The Labute approximate surface area is 166 Å². The number of carbonyl (C=O) groups excluding carboxylic acids is 1. The van der Waals surface area contributed by atoms with Crippen molar-refractivity contribution in [3.63, 3.8) is 0 Å². The highest BCUT2D eigenvalue weighted by Crippen LogP contribution is 2.32. The number of benzene rings is 1. The van der Waals surface area contributed by atoms with Gasteiger partial charge in [0.2, 0.25) is 5.91 Å². The van der Waals surface area contributed by atoms with Crippen LogP contribution in [0.15, 0.2) is 28.4 Å². The van der Waals surface area contributed by atoms with Crippen molar-refractivity contribution in [3.05, 3.63) is 23.2 Å². The summed E-state index contributed by atoms with van der Waals surface area (Å²) in [5.41, 5.74) is 2.32. The van der Waals surface area contributed by atoms with E-state index in [2.05, 4.69) is 53.2 Å². The molecule has 148 valence electrons. The minimum atomic E-state index is -0.136. The minimum absolute atomic E-state index is 0. The maximum absolute atomic E-state index is 11.6. The van der Waals surface area contributed by atoms with E-state index in [0.29, 0.717) is 17.3 Å². The highest BCUT2D eigenvalue weighted by molar-refractivity contribution is 7.14. The fourth-order valence-corrected chi connectivity index (χ4v) is 3.31. The fraction of sp³-hybridized carbons (Fsp3) is 0.526. The van der Waals surface area contributed by atoms with E-state index in [0.717, 1.165) is 28.9 Å². The van der Waals surface area contributed by atoms with E-state index in [1.54, 1.807) is 4.68 Å². The van der Waals surface area contributed by atoms with Gasteiger partial charge >= 0.3 is 5.13 Å². The van der Waals surface area contributed by atoms with Crippen LogP contribution in [0.25, 0.3) is 0 Å². The highest BCUT2D eigenvalue weighted by Gasteiger charge is 2.18. The molecule has 0 atom stereocenters. The van der Waals surface area contributed by atoms with Crippen molar-refractivity contribution in [1.29, 1.82) is 0 Å². The molecule has 0 unspecified atom stereocenters. The summed E-state index contributed by atoms with van der Waals surface area (Å²) in [6.45, 7) is 11.7.